The molecule has 0 fully saturated rings. The van der Waals surface area contributed by atoms with Gasteiger partial charge in [0.1, 0.15) is 0 Å². The zero-order chi connectivity index (χ0) is 18.4. The molecule has 0 amide bonds. The van der Waals surface area contributed by atoms with Crippen LogP contribution in [0.15, 0.2) is 38.9 Å². The molecule has 25 heavy (non-hydrogen) atoms. The van der Waals surface area contributed by atoms with E-state index in [1.54, 1.807) is 25.1 Å². The number of nitrogens with one attached hydrogen (secondary N) is 1. The Morgan fingerprint density at radius 1 is 1.16 bits per heavy atom. The Balaban J connectivity index is 1.94. The first kappa shape index (κ1) is 17.2. The second-order valence-electron chi connectivity index (χ2n) is 5.71. The molecule has 0 spiro atoms. The summed E-state index contributed by atoms with van der Waals surface area (Å²) in [7, 11) is -1.53. The fraction of sp³-hybridized carbons (Fsp3) is 0.333. The minimum Gasteiger partial charge on any atom is -0.454 e. The van der Waals surface area contributed by atoms with Gasteiger partial charge in [-0.2, -0.15) is 0 Å². The molecule has 0 saturated carbocycles. The van der Waals surface area contributed by atoms with Crippen molar-refractivity contribution in [2.45, 2.75) is 17.9 Å². The van der Waals surface area contributed by atoms with E-state index in [0.29, 0.717) is 17.1 Å². The van der Waals surface area contributed by atoms with Crippen LogP contribution in [0.2, 0.25) is 0 Å². The molecule has 0 aliphatic carbocycles. The third kappa shape index (κ3) is 3.05. The highest BCUT2D eigenvalue weighted by Gasteiger charge is 2.25. The number of hydrogen-bond donors (Lipinski definition) is 1. The van der Waals surface area contributed by atoms with Gasteiger partial charge in [0, 0.05) is 26.3 Å². The molecule has 2 heterocycles. The van der Waals surface area contributed by atoms with Crippen LogP contribution in [0.25, 0.3) is 0 Å². The highest BCUT2D eigenvalue weighted by molar-refractivity contribution is 7.89. The molecule has 1 aliphatic heterocycles. The van der Waals surface area contributed by atoms with E-state index in [1.165, 1.54) is 14.1 Å². The van der Waals surface area contributed by atoms with Crippen molar-refractivity contribution in [3.63, 3.8) is 0 Å². The topological polar surface area (TPSA) is 109 Å². The van der Waals surface area contributed by atoms with Crippen LogP contribution >= 0.6 is 0 Å². The lowest BCUT2D eigenvalue weighted by Crippen LogP contribution is -2.41. The number of benzene rings is 1. The fourth-order valence-electron chi connectivity index (χ4n) is 2.51. The minimum atomic E-state index is -4.13. The summed E-state index contributed by atoms with van der Waals surface area (Å²) in [5, 5.41) is 0. The van der Waals surface area contributed by atoms with Gasteiger partial charge >= 0.3 is 5.69 Å². The first-order chi connectivity index (χ1) is 11.7. The first-order valence-electron chi connectivity index (χ1n) is 7.39. The zero-order valence-corrected chi connectivity index (χ0v) is 14.7. The second kappa shape index (κ2) is 6.05. The van der Waals surface area contributed by atoms with Crippen LogP contribution < -0.4 is 25.4 Å². The number of ether oxygens (including phenoxy) is 2. The Kier molecular flexibility index (Phi) is 4.17. The predicted octanol–water partition coefficient (Wildman–Crippen LogP) is -0.148. The monoisotopic (exact) mass is 367 g/mol. The van der Waals surface area contributed by atoms with E-state index in [4.69, 9.17) is 9.47 Å². The van der Waals surface area contributed by atoms with E-state index in [0.717, 1.165) is 15.3 Å². The van der Waals surface area contributed by atoms with Gasteiger partial charge in [-0.3, -0.25) is 9.36 Å². The van der Waals surface area contributed by atoms with E-state index in [1.807, 2.05) is 0 Å². The Hall–Kier alpha value is -2.59. The predicted molar refractivity (Wildman–Crippen MR) is 88.2 cm³/mol. The fourth-order valence-corrected chi connectivity index (χ4v) is 3.90. The molecule has 1 atom stereocenters. The smallest absolute Gasteiger partial charge is 0.330 e. The van der Waals surface area contributed by atoms with Crippen molar-refractivity contribution < 1.29 is 17.9 Å². The molecule has 0 radical (unpaired) electrons. The van der Waals surface area contributed by atoms with Gasteiger partial charge in [0.2, 0.25) is 16.8 Å². The largest absolute Gasteiger partial charge is 0.454 e. The third-order valence-electron chi connectivity index (χ3n) is 3.93. The molecule has 1 aromatic heterocycles. The lowest BCUT2D eigenvalue weighted by atomic mass is 10.1. The van der Waals surface area contributed by atoms with Crippen LogP contribution in [0.5, 0.6) is 11.5 Å². The van der Waals surface area contributed by atoms with E-state index in [9.17, 15) is 18.0 Å². The van der Waals surface area contributed by atoms with Crippen molar-refractivity contribution in [1.82, 2.24) is 13.9 Å². The average Bonchev–Trinajstić information content (AvgIpc) is 3.03. The Morgan fingerprint density at radius 3 is 2.56 bits per heavy atom. The van der Waals surface area contributed by atoms with Crippen LogP contribution in [-0.2, 0) is 24.1 Å². The molecule has 9 nitrogen and oxygen atoms in total. The average molecular weight is 367 g/mol. The zero-order valence-electron chi connectivity index (χ0n) is 13.8. The van der Waals surface area contributed by atoms with Gasteiger partial charge in [-0.05, 0) is 24.6 Å². The van der Waals surface area contributed by atoms with Crippen molar-refractivity contribution in [1.29, 1.82) is 0 Å². The molecule has 134 valence electrons. The summed E-state index contributed by atoms with van der Waals surface area (Å²) in [5.74, 6) is 1.12. The highest BCUT2D eigenvalue weighted by atomic mass is 32.2. The summed E-state index contributed by atoms with van der Waals surface area (Å²) in [6, 6.07) is 4.45. The van der Waals surface area contributed by atoms with E-state index in [-0.39, 0.29) is 6.79 Å². The Labute approximate surface area is 143 Å². The third-order valence-corrected chi connectivity index (χ3v) is 5.46. The summed E-state index contributed by atoms with van der Waals surface area (Å²) >= 11 is 0. The molecule has 2 aromatic rings. The normalized spacial score (nSPS) is 14.5. The summed E-state index contributed by atoms with van der Waals surface area (Å²) < 4.78 is 39.9. The van der Waals surface area contributed by atoms with Crippen molar-refractivity contribution in [2.75, 3.05) is 6.79 Å². The quantitative estimate of drug-likeness (QED) is 0.805. The lowest BCUT2D eigenvalue weighted by Gasteiger charge is -2.15. The van der Waals surface area contributed by atoms with Crippen molar-refractivity contribution in [3.05, 3.63) is 50.8 Å². The summed E-state index contributed by atoms with van der Waals surface area (Å²) in [4.78, 5) is 23.4. The maximum atomic E-state index is 12.6. The Bertz CT molecular complexity index is 1050. The molecule has 0 bridgehead atoms. The number of aromatic nitrogens is 2. The summed E-state index contributed by atoms with van der Waals surface area (Å²) in [6.07, 6.45) is 1.01. The molecule has 1 N–H and O–H groups in total. The number of rotatable bonds is 4. The standard InChI is InChI=1S/C15H17N3O6S/c1-9(10-4-5-11-12(6-10)24-8-23-11)16-25(21,22)13-7-17(2)15(20)18(3)14(13)19/h4-7,9,16H,8H2,1-3H3. The van der Waals surface area contributed by atoms with Gasteiger partial charge < -0.3 is 14.0 Å². The SMILES string of the molecule is CC(NS(=O)(=O)c1cn(C)c(=O)n(C)c1=O)c1ccc2c(c1)OCO2. The lowest BCUT2D eigenvalue weighted by molar-refractivity contribution is 0.174. The second-order valence-corrected chi connectivity index (χ2v) is 7.39. The summed E-state index contributed by atoms with van der Waals surface area (Å²) in [6.45, 7) is 1.76. The van der Waals surface area contributed by atoms with Gasteiger partial charge in [0.25, 0.3) is 5.56 Å². The number of nitrogens with zero attached hydrogens (tertiary/aromatic N) is 2. The summed E-state index contributed by atoms with van der Waals surface area (Å²) in [5.41, 5.74) is -0.837. The van der Waals surface area contributed by atoms with Crippen molar-refractivity contribution in [3.8, 4) is 11.5 Å². The first-order valence-corrected chi connectivity index (χ1v) is 8.87. The number of sulfonamides is 1. The van der Waals surface area contributed by atoms with Crippen molar-refractivity contribution in [2.24, 2.45) is 14.1 Å². The molecule has 1 unspecified atom stereocenters. The van der Waals surface area contributed by atoms with E-state index in [2.05, 4.69) is 4.72 Å². The van der Waals surface area contributed by atoms with Gasteiger partial charge in [-0.25, -0.2) is 17.9 Å². The molecule has 10 heteroatoms. The van der Waals surface area contributed by atoms with Gasteiger partial charge in [0.15, 0.2) is 16.4 Å². The highest BCUT2D eigenvalue weighted by Crippen LogP contribution is 2.34. The van der Waals surface area contributed by atoms with Gasteiger partial charge in [-0.15, -0.1) is 0 Å². The minimum absolute atomic E-state index is 0.118. The van der Waals surface area contributed by atoms with Crippen LogP contribution in [0.4, 0.5) is 0 Å². The van der Waals surface area contributed by atoms with Crippen molar-refractivity contribution >= 4 is 10.0 Å². The van der Waals surface area contributed by atoms with Crippen LogP contribution in [-0.4, -0.2) is 24.3 Å². The van der Waals surface area contributed by atoms with Crippen LogP contribution in [0.1, 0.15) is 18.5 Å². The van der Waals surface area contributed by atoms with Gasteiger partial charge in [0.05, 0.1) is 0 Å². The maximum absolute atomic E-state index is 12.6. The molecule has 1 aromatic carbocycles. The van der Waals surface area contributed by atoms with Crippen LogP contribution in [0.3, 0.4) is 0 Å². The van der Waals surface area contributed by atoms with Crippen LogP contribution in [0, 0.1) is 0 Å². The maximum Gasteiger partial charge on any atom is 0.330 e. The molecule has 3 rings (SSSR count). The number of aryl methyl sites for hydroxylation is 1. The number of fused-ring (bicyclic) bond motifs is 1. The molecular formula is C15H17N3O6S. The van der Waals surface area contributed by atoms with E-state index >= 15 is 0 Å². The molecule has 0 saturated heterocycles. The van der Waals surface area contributed by atoms with E-state index < -0.39 is 32.2 Å². The molecular weight excluding hydrogens is 350 g/mol. The molecule has 1 aliphatic rings. The Morgan fingerprint density at radius 2 is 1.84 bits per heavy atom. The van der Waals surface area contributed by atoms with Gasteiger partial charge in [-0.1, -0.05) is 6.07 Å². The number of hydrogen-bond acceptors (Lipinski definition) is 6.